The highest BCUT2D eigenvalue weighted by Gasteiger charge is 2.22. The van der Waals surface area contributed by atoms with Crippen LogP contribution in [0.15, 0.2) is 218 Å². The maximum Gasteiger partial charge on any atom is 0.0540 e. The predicted molar refractivity (Wildman–Crippen MR) is 234 cm³/mol. The minimum absolute atomic E-state index is 0.880. The average Bonchev–Trinajstić information content (AvgIpc) is 3.25. The van der Waals surface area contributed by atoms with Crippen molar-refractivity contribution in [1.82, 2.24) is 0 Å². The fourth-order valence-electron chi connectivity index (χ4n) is 8.26. The van der Waals surface area contributed by atoms with Crippen molar-refractivity contribution in [3.8, 4) is 11.1 Å². The van der Waals surface area contributed by atoms with Crippen LogP contribution < -0.4 is 9.80 Å². The largest absolute Gasteiger partial charge is 0.310 e. The third-order valence-corrected chi connectivity index (χ3v) is 10.8. The van der Waals surface area contributed by atoms with Gasteiger partial charge in [0.05, 0.1) is 11.4 Å². The van der Waals surface area contributed by atoms with Crippen LogP contribution in [0.3, 0.4) is 0 Å². The zero-order valence-electron chi connectivity index (χ0n) is 30.4. The molecule has 0 aromatic heterocycles. The van der Waals surface area contributed by atoms with Gasteiger partial charge in [0.1, 0.15) is 0 Å². The van der Waals surface area contributed by atoms with E-state index in [9.17, 15) is 0 Å². The van der Waals surface area contributed by atoms with E-state index in [1.165, 1.54) is 54.6 Å². The molecule has 0 spiro atoms. The second-order valence-electron chi connectivity index (χ2n) is 14.2. The Morgan fingerprint density at radius 2 is 0.709 bits per heavy atom. The van der Waals surface area contributed by atoms with Gasteiger partial charge in [-0.3, -0.25) is 0 Å². The van der Waals surface area contributed by atoms with E-state index in [1.807, 2.05) is 0 Å². The minimum Gasteiger partial charge on any atom is -0.310 e. The van der Waals surface area contributed by atoms with Gasteiger partial charge in [-0.05, 0) is 111 Å². The molecule has 0 saturated heterocycles. The van der Waals surface area contributed by atoms with Crippen molar-refractivity contribution in [3.05, 3.63) is 230 Å². The van der Waals surface area contributed by atoms with Gasteiger partial charge in [0.25, 0.3) is 0 Å². The Morgan fingerprint density at radius 1 is 0.291 bits per heavy atom. The summed E-state index contributed by atoms with van der Waals surface area (Å²) in [7, 11) is 0. The summed E-state index contributed by atoms with van der Waals surface area (Å²) in [4.78, 5) is 4.83. The highest BCUT2D eigenvalue weighted by atomic mass is 15.1. The summed E-state index contributed by atoms with van der Waals surface area (Å²) < 4.78 is 0. The summed E-state index contributed by atoms with van der Waals surface area (Å²) in [6.07, 6.45) is 0.880. The predicted octanol–water partition coefficient (Wildman–Crippen LogP) is 14.8. The Bertz CT molecular complexity index is 2890. The standard InChI is InChI=1S/C53H38N2/c1-5-15-38(16-6-1)35-39-17-13-25-46(36-39)54(44-21-9-3-10-22-44)50-33-29-41-28-32-49-51(34-30-42-27-31-48(50)52(41)53(42)49)55(45-23-11-4-12-24-45)47-26-14-20-43(37-47)40-18-7-2-8-19-40/h1-34,36-37H,35H2. The van der Waals surface area contributed by atoms with Crippen molar-refractivity contribution in [2.75, 3.05) is 9.80 Å². The van der Waals surface area contributed by atoms with Crippen molar-refractivity contribution in [2.45, 2.75) is 6.42 Å². The van der Waals surface area contributed by atoms with Crippen LogP contribution in [0, 0.1) is 0 Å². The first-order valence-corrected chi connectivity index (χ1v) is 19.0. The highest BCUT2D eigenvalue weighted by molar-refractivity contribution is 6.28. The molecule has 0 amide bonds. The van der Waals surface area contributed by atoms with Gasteiger partial charge >= 0.3 is 0 Å². The third kappa shape index (κ3) is 6.04. The summed E-state index contributed by atoms with van der Waals surface area (Å²) in [5.74, 6) is 0. The first-order chi connectivity index (χ1) is 27.3. The Hall–Kier alpha value is -7.16. The fourth-order valence-corrected chi connectivity index (χ4v) is 8.26. The van der Waals surface area contributed by atoms with Gasteiger partial charge in [0, 0.05) is 33.5 Å². The molecule has 10 aromatic carbocycles. The maximum absolute atomic E-state index is 2.42. The van der Waals surface area contributed by atoms with Gasteiger partial charge in [-0.15, -0.1) is 0 Å². The van der Waals surface area contributed by atoms with Crippen LogP contribution in [0.25, 0.3) is 43.4 Å². The average molecular weight is 703 g/mol. The summed E-state index contributed by atoms with van der Waals surface area (Å²) in [6.45, 7) is 0. The topological polar surface area (TPSA) is 6.48 Å². The molecule has 0 aliphatic heterocycles. The van der Waals surface area contributed by atoms with Crippen LogP contribution in [-0.2, 0) is 6.42 Å². The molecule has 0 radical (unpaired) electrons. The number of benzene rings is 10. The van der Waals surface area contributed by atoms with Crippen molar-refractivity contribution < 1.29 is 0 Å². The van der Waals surface area contributed by atoms with Crippen LogP contribution in [0.2, 0.25) is 0 Å². The Kier molecular flexibility index (Phi) is 8.27. The van der Waals surface area contributed by atoms with E-state index in [-0.39, 0.29) is 0 Å². The number of para-hydroxylation sites is 2. The van der Waals surface area contributed by atoms with E-state index in [4.69, 9.17) is 0 Å². The Morgan fingerprint density at radius 3 is 1.27 bits per heavy atom. The number of hydrogen-bond donors (Lipinski definition) is 0. The van der Waals surface area contributed by atoms with Crippen LogP contribution in [0.5, 0.6) is 0 Å². The number of anilines is 6. The van der Waals surface area contributed by atoms with Gasteiger partial charge in [-0.2, -0.15) is 0 Å². The molecule has 0 unspecified atom stereocenters. The van der Waals surface area contributed by atoms with Crippen LogP contribution in [0.1, 0.15) is 11.1 Å². The van der Waals surface area contributed by atoms with E-state index < -0.39 is 0 Å². The quantitative estimate of drug-likeness (QED) is 0.138. The zero-order chi connectivity index (χ0) is 36.6. The van der Waals surface area contributed by atoms with E-state index in [2.05, 4.69) is 228 Å². The van der Waals surface area contributed by atoms with Crippen molar-refractivity contribution in [2.24, 2.45) is 0 Å². The minimum atomic E-state index is 0.880. The Labute approximate surface area is 322 Å². The van der Waals surface area contributed by atoms with Crippen LogP contribution in [-0.4, -0.2) is 0 Å². The molecule has 55 heavy (non-hydrogen) atoms. The first kappa shape index (κ1) is 32.5. The third-order valence-electron chi connectivity index (χ3n) is 10.8. The molecular formula is C53H38N2. The number of hydrogen-bond acceptors (Lipinski definition) is 2. The van der Waals surface area contributed by atoms with Gasteiger partial charge < -0.3 is 9.80 Å². The number of rotatable bonds is 9. The van der Waals surface area contributed by atoms with Crippen molar-refractivity contribution >= 4 is 66.4 Å². The van der Waals surface area contributed by atoms with Crippen molar-refractivity contribution in [1.29, 1.82) is 0 Å². The van der Waals surface area contributed by atoms with Crippen LogP contribution in [0.4, 0.5) is 34.1 Å². The van der Waals surface area contributed by atoms with E-state index >= 15 is 0 Å². The Balaban J connectivity index is 1.17. The van der Waals surface area contributed by atoms with Crippen molar-refractivity contribution in [3.63, 3.8) is 0 Å². The maximum atomic E-state index is 2.42. The molecule has 10 aromatic rings. The molecular weight excluding hydrogens is 665 g/mol. The first-order valence-electron chi connectivity index (χ1n) is 19.0. The molecule has 0 atom stereocenters. The molecule has 0 heterocycles. The van der Waals surface area contributed by atoms with E-state index in [0.29, 0.717) is 0 Å². The van der Waals surface area contributed by atoms with Gasteiger partial charge in [-0.1, -0.05) is 158 Å². The summed E-state index contributed by atoms with van der Waals surface area (Å²) in [5, 5.41) is 7.47. The lowest BCUT2D eigenvalue weighted by atomic mass is 9.91. The van der Waals surface area contributed by atoms with Gasteiger partial charge in [0.15, 0.2) is 0 Å². The van der Waals surface area contributed by atoms with E-state index in [0.717, 1.165) is 40.5 Å². The fraction of sp³-hybridized carbons (Fsp3) is 0.0189. The van der Waals surface area contributed by atoms with Crippen LogP contribution >= 0.6 is 0 Å². The van der Waals surface area contributed by atoms with Gasteiger partial charge in [-0.25, -0.2) is 0 Å². The molecule has 2 nitrogen and oxygen atoms in total. The molecule has 0 saturated carbocycles. The molecule has 10 rings (SSSR count). The summed E-state index contributed by atoms with van der Waals surface area (Å²) in [5.41, 5.74) is 11.8. The lowest BCUT2D eigenvalue weighted by Crippen LogP contribution is -2.11. The molecule has 0 fully saturated rings. The monoisotopic (exact) mass is 702 g/mol. The lowest BCUT2D eigenvalue weighted by molar-refractivity contribution is 1.18. The summed E-state index contributed by atoms with van der Waals surface area (Å²) >= 11 is 0. The highest BCUT2D eigenvalue weighted by Crippen LogP contribution is 2.47. The molecule has 0 bridgehead atoms. The van der Waals surface area contributed by atoms with E-state index in [1.54, 1.807) is 0 Å². The zero-order valence-corrected chi connectivity index (χ0v) is 30.4. The molecule has 0 N–H and O–H groups in total. The normalized spacial score (nSPS) is 11.3. The second-order valence-corrected chi connectivity index (χ2v) is 14.2. The molecule has 0 aliphatic carbocycles. The van der Waals surface area contributed by atoms with Gasteiger partial charge in [0.2, 0.25) is 0 Å². The summed E-state index contributed by atoms with van der Waals surface area (Å²) in [6, 6.07) is 79.2. The SMILES string of the molecule is c1ccc(Cc2cccc(N(c3ccccc3)c3ccc4ccc5c(N(c6ccccc6)c6cccc(-c7ccccc7)c6)ccc6ccc3c4c65)c2)cc1. The molecule has 0 aliphatic rings. The lowest BCUT2D eigenvalue weighted by Gasteiger charge is -2.29. The number of nitrogens with zero attached hydrogens (tertiary/aromatic N) is 2. The smallest absolute Gasteiger partial charge is 0.0540 e. The second kappa shape index (κ2) is 14.0. The molecule has 2 heteroatoms. The molecule has 260 valence electrons.